The molecule has 0 spiro atoms. The third-order valence-corrected chi connectivity index (χ3v) is 3.66. The van der Waals surface area contributed by atoms with E-state index in [0.717, 1.165) is 41.4 Å². The minimum absolute atomic E-state index is 0.409. The van der Waals surface area contributed by atoms with Crippen LogP contribution < -0.4 is 9.47 Å². The zero-order chi connectivity index (χ0) is 15.2. The van der Waals surface area contributed by atoms with Gasteiger partial charge in [-0.2, -0.15) is 5.10 Å². The van der Waals surface area contributed by atoms with Crippen LogP contribution in [0.3, 0.4) is 0 Å². The van der Waals surface area contributed by atoms with Gasteiger partial charge in [-0.1, -0.05) is 13.0 Å². The number of halogens is 1. The quantitative estimate of drug-likeness (QED) is 0.730. The van der Waals surface area contributed by atoms with Crippen molar-refractivity contribution in [2.75, 3.05) is 7.11 Å². The fraction of sp³-hybridized carbons (Fsp3) is 0.438. The Morgan fingerprint density at radius 3 is 2.67 bits per heavy atom. The molecule has 21 heavy (non-hydrogen) atoms. The maximum absolute atomic E-state index is 5.96. The molecule has 5 heteroatoms. The Morgan fingerprint density at radius 1 is 1.24 bits per heavy atom. The maximum atomic E-state index is 5.96. The molecule has 0 N–H and O–H groups in total. The summed E-state index contributed by atoms with van der Waals surface area (Å²) in [4.78, 5) is 0. The molecule has 0 saturated heterocycles. The molecule has 0 radical (unpaired) electrons. The smallest absolute Gasteiger partial charge is 0.130 e. The van der Waals surface area contributed by atoms with E-state index in [4.69, 9.17) is 21.1 Å². The Bertz CT molecular complexity index is 596. The first kappa shape index (κ1) is 15.7. The summed E-state index contributed by atoms with van der Waals surface area (Å²) >= 11 is 5.96. The van der Waals surface area contributed by atoms with E-state index in [9.17, 15) is 0 Å². The highest BCUT2D eigenvalue weighted by Crippen LogP contribution is 2.27. The molecule has 0 amide bonds. The van der Waals surface area contributed by atoms with Crippen molar-refractivity contribution in [2.45, 2.75) is 39.3 Å². The SMILES string of the molecule is CCc1cc(COc2cc(OC)ccc2CCl)n(CC)n1. The van der Waals surface area contributed by atoms with Gasteiger partial charge in [0.25, 0.3) is 0 Å². The highest BCUT2D eigenvalue weighted by atomic mass is 35.5. The van der Waals surface area contributed by atoms with E-state index in [0.29, 0.717) is 12.5 Å². The zero-order valence-electron chi connectivity index (χ0n) is 12.7. The molecule has 1 heterocycles. The van der Waals surface area contributed by atoms with Crippen LogP contribution in [0.25, 0.3) is 0 Å². The Balaban J connectivity index is 2.17. The van der Waals surface area contributed by atoms with Gasteiger partial charge >= 0.3 is 0 Å². The highest BCUT2D eigenvalue weighted by Gasteiger charge is 2.09. The van der Waals surface area contributed by atoms with E-state index in [1.807, 2.05) is 22.9 Å². The average Bonchev–Trinajstić information content (AvgIpc) is 2.94. The molecule has 0 bridgehead atoms. The van der Waals surface area contributed by atoms with Gasteiger partial charge in [0.05, 0.1) is 24.4 Å². The van der Waals surface area contributed by atoms with Crippen LogP contribution in [0.2, 0.25) is 0 Å². The van der Waals surface area contributed by atoms with Crippen LogP contribution >= 0.6 is 11.6 Å². The van der Waals surface area contributed by atoms with Crippen molar-refractivity contribution in [1.82, 2.24) is 9.78 Å². The first-order valence-electron chi connectivity index (χ1n) is 7.13. The van der Waals surface area contributed by atoms with E-state index in [1.54, 1.807) is 7.11 Å². The van der Waals surface area contributed by atoms with E-state index in [-0.39, 0.29) is 0 Å². The topological polar surface area (TPSA) is 36.3 Å². The molecule has 1 aromatic heterocycles. The second-order valence-corrected chi connectivity index (χ2v) is 4.96. The number of aryl methyl sites for hydroxylation is 2. The summed E-state index contributed by atoms with van der Waals surface area (Å²) in [7, 11) is 1.64. The van der Waals surface area contributed by atoms with Gasteiger partial charge in [-0.05, 0) is 25.5 Å². The standard InChI is InChI=1S/C16H21ClN2O2/c1-4-13-8-14(19(5-2)18-13)11-21-16-9-15(20-3)7-6-12(16)10-17/h6-9H,4-5,10-11H2,1-3H3. The van der Waals surface area contributed by atoms with E-state index in [1.165, 1.54) is 0 Å². The van der Waals surface area contributed by atoms with E-state index in [2.05, 4.69) is 25.0 Å². The van der Waals surface area contributed by atoms with E-state index < -0.39 is 0 Å². The normalized spacial score (nSPS) is 10.7. The fourth-order valence-electron chi connectivity index (χ4n) is 2.14. The first-order valence-corrected chi connectivity index (χ1v) is 7.66. The van der Waals surface area contributed by atoms with Gasteiger partial charge in [-0.3, -0.25) is 4.68 Å². The van der Waals surface area contributed by atoms with Crippen molar-refractivity contribution in [1.29, 1.82) is 0 Å². The van der Waals surface area contributed by atoms with Crippen molar-refractivity contribution in [3.8, 4) is 11.5 Å². The Labute approximate surface area is 130 Å². The summed E-state index contributed by atoms with van der Waals surface area (Å²) < 4.78 is 13.1. The molecule has 4 nitrogen and oxygen atoms in total. The average molecular weight is 309 g/mol. The number of aromatic nitrogens is 2. The van der Waals surface area contributed by atoms with Crippen molar-refractivity contribution >= 4 is 11.6 Å². The number of benzene rings is 1. The monoisotopic (exact) mass is 308 g/mol. The fourth-order valence-corrected chi connectivity index (χ4v) is 2.36. The second kappa shape index (κ2) is 7.36. The number of rotatable bonds is 7. The molecule has 114 valence electrons. The number of ether oxygens (including phenoxy) is 2. The van der Waals surface area contributed by atoms with Crippen LogP contribution in [-0.2, 0) is 25.5 Å². The van der Waals surface area contributed by atoms with Gasteiger partial charge < -0.3 is 9.47 Å². The van der Waals surface area contributed by atoms with Crippen molar-refractivity contribution in [3.63, 3.8) is 0 Å². The molecular formula is C16H21ClN2O2. The Kier molecular flexibility index (Phi) is 5.51. The van der Waals surface area contributed by atoms with Crippen molar-refractivity contribution < 1.29 is 9.47 Å². The summed E-state index contributed by atoms with van der Waals surface area (Å²) in [5, 5.41) is 4.52. The summed E-state index contributed by atoms with van der Waals surface area (Å²) in [5.41, 5.74) is 3.10. The number of alkyl halides is 1. The van der Waals surface area contributed by atoms with Crippen LogP contribution in [0.1, 0.15) is 30.8 Å². The van der Waals surface area contributed by atoms with Crippen LogP contribution in [-0.4, -0.2) is 16.9 Å². The Hall–Kier alpha value is -1.68. The van der Waals surface area contributed by atoms with Gasteiger partial charge in [0.2, 0.25) is 0 Å². The molecule has 2 rings (SSSR count). The van der Waals surface area contributed by atoms with Gasteiger partial charge in [-0.15, -0.1) is 11.6 Å². The molecule has 1 aromatic carbocycles. The molecular weight excluding hydrogens is 288 g/mol. The lowest BCUT2D eigenvalue weighted by Gasteiger charge is -2.12. The van der Waals surface area contributed by atoms with Gasteiger partial charge in [0.1, 0.15) is 18.1 Å². The molecule has 0 aliphatic carbocycles. The molecule has 0 unspecified atom stereocenters. The summed E-state index contributed by atoms with van der Waals surface area (Å²) in [6, 6.07) is 7.76. The number of hydrogen-bond donors (Lipinski definition) is 0. The number of hydrogen-bond acceptors (Lipinski definition) is 3. The molecule has 0 aliphatic heterocycles. The predicted molar refractivity (Wildman–Crippen MR) is 84.2 cm³/mol. The van der Waals surface area contributed by atoms with E-state index >= 15 is 0 Å². The second-order valence-electron chi connectivity index (χ2n) is 4.69. The highest BCUT2D eigenvalue weighted by molar-refractivity contribution is 6.17. The molecule has 0 fully saturated rings. The lowest BCUT2D eigenvalue weighted by molar-refractivity contribution is 0.288. The largest absolute Gasteiger partial charge is 0.497 e. The number of methoxy groups -OCH3 is 1. The number of nitrogens with zero attached hydrogens (tertiary/aromatic N) is 2. The van der Waals surface area contributed by atoms with Crippen molar-refractivity contribution in [2.24, 2.45) is 0 Å². The zero-order valence-corrected chi connectivity index (χ0v) is 13.5. The van der Waals surface area contributed by atoms with Crippen LogP contribution in [0.15, 0.2) is 24.3 Å². The third kappa shape index (κ3) is 3.70. The minimum Gasteiger partial charge on any atom is -0.497 e. The lowest BCUT2D eigenvalue weighted by Crippen LogP contribution is -2.07. The molecule has 2 aromatic rings. The van der Waals surface area contributed by atoms with Crippen LogP contribution in [0, 0.1) is 0 Å². The van der Waals surface area contributed by atoms with Gasteiger partial charge in [0.15, 0.2) is 0 Å². The minimum atomic E-state index is 0.409. The van der Waals surface area contributed by atoms with Crippen molar-refractivity contribution in [3.05, 3.63) is 41.2 Å². The third-order valence-electron chi connectivity index (χ3n) is 3.37. The first-order chi connectivity index (χ1) is 10.2. The lowest BCUT2D eigenvalue weighted by atomic mass is 10.2. The van der Waals surface area contributed by atoms with Crippen LogP contribution in [0.5, 0.6) is 11.5 Å². The van der Waals surface area contributed by atoms with Gasteiger partial charge in [-0.25, -0.2) is 0 Å². The van der Waals surface area contributed by atoms with Gasteiger partial charge in [0, 0.05) is 18.2 Å². The summed E-state index contributed by atoms with van der Waals surface area (Å²) in [6.45, 7) is 5.48. The summed E-state index contributed by atoms with van der Waals surface area (Å²) in [6.07, 6.45) is 0.923. The molecule has 0 atom stereocenters. The Morgan fingerprint density at radius 2 is 2.05 bits per heavy atom. The molecule has 0 aliphatic rings. The predicted octanol–water partition coefficient (Wildman–Crippen LogP) is 3.79. The maximum Gasteiger partial charge on any atom is 0.130 e. The molecule has 0 saturated carbocycles. The summed E-state index contributed by atoms with van der Waals surface area (Å²) in [5.74, 6) is 1.93. The van der Waals surface area contributed by atoms with Crippen LogP contribution in [0.4, 0.5) is 0 Å².